The van der Waals surface area contributed by atoms with E-state index in [-0.39, 0.29) is 0 Å². The van der Waals surface area contributed by atoms with Gasteiger partial charge >= 0.3 is 0 Å². The van der Waals surface area contributed by atoms with Crippen molar-refractivity contribution in [2.45, 2.75) is 26.7 Å². The van der Waals surface area contributed by atoms with E-state index in [0.29, 0.717) is 0 Å². The van der Waals surface area contributed by atoms with Crippen LogP contribution in [0.3, 0.4) is 0 Å². The number of allylic oxidation sites excluding steroid dienone is 4. The normalized spacial score (nSPS) is 14.7. The van der Waals surface area contributed by atoms with Gasteiger partial charge < -0.3 is 30.4 Å². The number of fused-ring (bicyclic) bond motifs is 3. The molecule has 0 bridgehead atoms. The summed E-state index contributed by atoms with van der Waals surface area (Å²) in [6, 6.07) is 16.9. The van der Waals surface area contributed by atoms with Crippen molar-refractivity contribution in [2.75, 3.05) is 24.4 Å². The van der Waals surface area contributed by atoms with E-state index in [2.05, 4.69) is 63.9 Å². The molecule has 4 aromatic rings. The van der Waals surface area contributed by atoms with Gasteiger partial charge in [0.25, 0.3) is 0 Å². The van der Waals surface area contributed by atoms with Crippen molar-refractivity contribution in [2.24, 2.45) is 0 Å². The molecule has 0 radical (unpaired) electrons. The van der Waals surface area contributed by atoms with Crippen LogP contribution in [0.5, 0.6) is 5.75 Å². The number of nitrogens with one attached hydrogen (secondary N) is 4. The summed E-state index contributed by atoms with van der Waals surface area (Å²) in [6.07, 6.45) is 9.99. The molecule has 0 saturated heterocycles. The molecule has 0 saturated carbocycles. The molecule has 0 spiro atoms. The van der Waals surface area contributed by atoms with E-state index in [1.807, 2.05) is 50.7 Å². The predicted molar refractivity (Wildman–Crippen MR) is 164 cm³/mol. The molecule has 0 amide bonds. The van der Waals surface area contributed by atoms with Crippen LogP contribution in [0.25, 0.3) is 33.4 Å². The lowest BCUT2D eigenvalue weighted by Crippen LogP contribution is -2.11. The molecule has 4 heterocycles. The van der Waals surface area contributed by atoms with Gasteiger partial charge in [0.2, 0.25) is 0 Å². The average molecular weight is 532 g/mol. The summed E-state index contributed by atoms with van der Waals surface area (Å²) in [7, 11) is 1.66. The molecule has 2 aromatic carbocycles. The van der Waals surface area contributed by atoms with Gasteiger partial charge in [0, 0.05) is 41.0 Å². The molecule has 2 aliphatic heterocycles. The number of aryl methyl sites for hydroxylation is 1. The molecule has 2 aromatic heterocycles. The molecule has 40 heavy (non-hydrogen) atoms. The third-order valence-electron chi connectivity index (χ3n) is 7.18. The maximum Gasteiger partial charge on any atom is 0.123 e. The van der Waals surface area contributed by atoms with Crippen LogP contribution in [0.2, 0.25) is 0 Å². The summed E-state index contributed by atoms with van der Waals surface area (Å²) >= 11 is 0. The standard InChI is InChI=1S/C33H33N5O2/c1-20(2)34-17-24(15-21(3)39-4)27-12-13-28-33(38-27)26(18-35-28)30-19-36-32-25(8-5-9-29(32)37-30)23-11-10-22-7-6-14-40-31(22)16-23/h5,8-13,15-19,34-37H,1,6-7,14H2,2-4H3/b21-15+,24-17+. The van der Waals surface area contributed by atoms with Crippen LogP contribution in [0.1, 0.15) is 37.1 Å². The number of methoxy groups -OCH3 is 1. The highest BCUT2D eigenvalue weighted by Crippen LogP contribution is 2.41. The van der Waals surface area contributed by atoms with Crippen LogP contribution >= 0.6 is 0 Å². The number of anilines is 2. The first-order valence-corrected chi connectivity index (χ1v) is 13.5. The molecule has 0 unspecified atom stereocenters. The van der Waals surface area contributed by atoms with Gasteiger partial charge in [-0.25, -0.2) is 4.98 Å². The van der Waals surface area contributed by atoms with Crippen molar-refractivity contribution in [3.05, 3.63) is 108 Å². The van der Waals surface area contributed by atoms with E-state index in [1.165, 1.54) is 5.56 Å². The number of H-pyrrole nitrogens is 1. The van der Waals surface area contributed by atoms with Crippen LogP contribution in [0.15, 0.2) is 91.2 Å². The second-order valence-electron chi connectivity index (χ2n) is 10.1. The molecule has 0 aliphatic carbocycles. The Kier molecular flexibility index (Phi) is 6.78. The Morgan fingerprint density at radius 3 is 2.88 bits per heavy atom. The number of pyridine rings is 1. The molecular formula is C33H33N5O2. The molecular weight excluding hydrogens is 498 g/mol. The number of para-hydroxylation sites is 1. The lowest BCUT2D eigenvalue weighted by Gasteiger charge is -2.24. The lowest BCUT2D eigenvalue weighted by atomic mass is 9.97. The molecule has 7 heteroatoms. The maximum atomic E-state index is 5.94. The Balaban J connectivity index is 1.34. The molecule has 2 aliphatic rings. The van der Waals surface area contributed by atoms with Crippen molar-refractivity contribution < 1.29 is 9.47 Å². The van der Waals surface area contributed by atoms with Gasteiger partial charge in [-0.05, 0) is 68.2 Å². The summed E-state index contributed by atoms with van der Waals surface area (Å²) < 4.78 is 11.3. The minimum absolute atomic E-state index is 0.777. The van der Waals surface area contributed by atoms with Gasteiger partial charge in [-0.2, -0.15) is 0 Å². The third-order valence-corrected chi connectivity index (χ3v) is 7.18. The van der Waals surface area contributed by atoms with E-state index < -0.39 is 0 Å². The van der Waals surface area contributed by atoms with Crippen LogP contribution < -0.4 is 20.7 Å². The summed E-state index contributed by atoms with van der Waals surface area (Å²) in [5, 5.41) is 10.4. The van der Waals surface area contributed by atoms with Crippen molar-refractivity contribution in [3.8, 4) is 16.9 Å². The van der Waals surface area contributed by atoms with E-state index in [9.17, 15) is 0 Å². The third kappa shape index (κ3) is 4.94. The Hall–Kier alpha value is -4.91. The Morgan fingerprint density at radius 1 is 1.12 bits per heavy atom. The molecule has 4 N–H and O–H groups in total. The van der Waals surface area contributed by atoms with Crippen LogP contribution in [0.4, 0.5) is 11.4 Å². The number of aromatic nitrogens is 2. The average Bonchev–Trinajstić information content (AvgIpc) is 3.41. The van der Waals surface area contributed by atoms with Crippen LogP contribution in [0, 0.1) is 0 Å². The van der Waals surface area contributed by atoms with E-state index in [1.54, 1.807) is 7.11 Å². The minimum Gasteiger partial charge on any atom is -0.501 e. The highest BCUT2D eigenvalue weighted by atomic mass is 16.5. The Morgan fingerprint density at radius 2 is 2.02 bits per heavy atom. The number of benzene rings is 2. The van der Waals surface area contributed by atoms with Crippen molar-refractivity contribution in [1.29, 1.82) is 0 Å². The molecule has 7 nitrogen and oxygen atoms in total. The summed E-state index contributed by atoms with van der Waals surface area (Å²) in [5.41, 5.74) is 11.9. The van der Waals surface area contributed by atoms with E-state index in [0.717, 1.165) is 92.7 Å². The molecule has 202 valence electrons. The van der Waals surface area contributed by atoms with Gasteiger partial charge in [-0.15, -0.1) is 0 Å². The summed E-state index contributed by atoms with van der Waals surface area (Å²) in [4.78, 5) is 8.42. The maximum absolute atomic E-state index is 5.94. The number of rotatable bonds is 7. The molecule has 0 fully saturated rings. The smallest absolute Gasteiger partial charge is 0.123 e. The number of hydrogen-bond acceptors (Lipinski definition) is 6. The second-order valence-corrected chi connectivity index (χ2v) is 10.1. The number of aromatic amines is 1. The fourth-order valence-electron chi connectivity index (χ4n) is 5.06. The Bertz CT molecular complexity index is 1710. The second kappa shape index (κ2) is 10.7. The van der Waals surface area contributed by atoms with E-state index in [4.69, 9.17) is 14.5 Å². The van der Waals surface area contributed by atoms with Crippen LogP contribution in [-0.4, -0.2) is 23.7 Å². The minimum atomic E-state index is 0.777. The number of nitrogens with zero attached hydrogens (tertiary/aromatic N) is 1. The number of hydrogen-bond donors (Lipinski definition) is 4. The fourth-order valence-corrected chi connectivity index (χ4v) is 5.06. The van der Waals surface area contributed by atoms with Gasteiger partial charge in [0.05, 0.1) is 53.3 Å². The number of ether oxygens (including phenoxy) is 2. The van der Waals surface area contributed by atoms with Crippen LogP contribution in [-0.2, 0) is 11.2 Å². The SMILES string of the molecule is C=C(C)N/C=C(\C=C(/C)OC)c1ccc2[nH]cc(C3=CNc4c(cccc4-c4ccc5c(c4)OCCC5)N3)c2n1. The fraction of sp³-hybridized carbons (Fsp3) is 0.182. The first kappa shape index (κ1) is 25.4. The zero-order valence-corrected chi connectivity index (χ0v) is 23.0. The van der Waals surface area contributed by atoms with Crippen molar-refractivity contribution in [3.63, 3.8) is 0 Å². The molecule has 6 rings (SSSR count). The highest BCUT2D eigenvalue weighted by molar-refractivity contribution is 6.00. The van der Waals surface area contributed by atoms with Crippen molar-refractivity contribution >= 4 is 33.7 Å². The topological polar surface area (TPSA) is 83.2 Å². The van der Waals surface area contributed by atoms with Gasteiger partial charge in [0.15, 0.2) is 0 Å². The van der Waals surface area contributed by atoms with Crippen molar-refractivity contribution in [1.82, 2.24) is 15.3 Å². The van der Waals surface area contributed by atoms with E-state index >= 15 is 0 Å². The monoisotopic (exact) mass is 531 g/mol. The Labute approximate surface area is 234 Å². The first-order chi connectivity index (χ1) is 19.5. The zero-order valence-electron chi connectivity index (χ0n) is 23.0. The zero-order chi connectivity index (χ0) is 27.6. The van der Waals surface area contributed by atoms with Gasteiger partial charge in [-0.1, -0.05) is 30.8 Å². The van der Waals surface area contributed by atoms with Gasteiger partial charge in [0.1, 0.15) is 5.75 Å². The predicted octanol–water partition coefficient (Wildman–Crippen LogP) is 7.41. The molecule has 0 atom stereocenters. The lowest BCUT2D eigenvalue weighted by molar-refractivity contribution is 0.288. The summed E-state index contributed by atoms with van der Waals surface area (Å²) in [6.45, 7) is 8.55. The largest absolute Gasteiger partial charge is 0.501 e. The quantitative estimate of drug-likeness (QED) is 0.147. The van der Waals surface area contributed by atoms with Gasteiger partial charge in [-0.3, -0.25) is 0 Å². The first-order valence-electron chi connectivity index (χ1n) is 13.5. The highest BCUT2D eigenvalue weighted by Gasteiger charge is 2.20. The summed E-state index contributed by atoms with van der Waals surface area (Å²) in [5.74, 6) is 1.77.